The summed E-state index contributed by atoms with van der Waals surface area (Å²) in [5.74, 6) is 1.43. The molecule has 1 unspecified atom stereocenters. The van der Waals surface area contributed by atoms with E-state index in [9.17, 15) is 0 Å². The topological polar surface area (TPSA) is 40.5 Å². The highest BCUT2D eigenvalue weighted by Crippen LogP contribution is 2.32. The van der Waals surface area contributed by atoms with Crippen LogP contribution in [0.1, 0.15) is 106 Å². The fourth-order valence-corrected chi connectivity index (χ4v) is 3.49. The van der Waals surface area contributed by atoms with Gasteiger partial charge in [-0.1, -0.05) is 109 Å². The Kier molecular flexibility index (Phi) is 21.5. The second-order valence-corrected chi connectivity index (χ2v) is 10.1. The average Bonchev–Trinajstić information content (AvgIpc) is 2.62. The monoisotopic (exact) mass is 522 g/mol. The molecule has 0 saturated heterocycles. The van der Waals surface area contributed by atoms with E-state index in [0.717, 1.165) is 5.92 Å². The zero-order valence-corrected chi connectivity index (χ0v) is 23.4. The van der Waals surface area contributed by atoms with Crippen LogP contribution in [0.15, 0.2) is 24.3 Å². The highest BCUT2D eigenvalue weighted by atomic mass is 127. The van der Waals surface area contributed by atoms with Crippen molar-refractivity contribution in [2.75, 3.05) is 11.0 Å². The van der Waals surface area contributed by atoms with Crippen LogP contribution in [0.4, 0.5) is 0 Å². The Morgan fingerprint density at radius 2 is 1.34 bits per heavy atom. The summed E-state index contributed by atoms with van der Waals surface area (Å²) in [4.78, 5) is 0. The van der Waals surface area contributed by atoms with Gasteiger partial charge in [-0.15, -0.1) is 0 Å². The number of aliphatic hydroxyl groups is 2. The first-order valence-corrected chi connectivity index (χ1v) is 12.9. The van der Waals surface area contributed by atoms with E-state index in [1.54, 1.807) is 13.8 Å². The van der Waals surface area contributed by atoms with E-state index in [0.29, 0.717) is 17.8 Å². The molecule has 0 aromatic heterocycles. The van der Waals surface area contributed by atoms with Gasteiger partial charge in [0.05, 0.1) is 5.60 Å². The van der Waals surface area contributed by atoms with Crippen molar-refractivity contribution < 1.29 is 10.2 Å². The van der Waals surface area contributed by atoms with Crippen LogP contribution in [-0.4, -0.2) is 26.8 Å². The van der Waals surface area contributed by atoms with E-state index >= 15 is 0 Å². The summed E-state index contributed by atoms with van der Waals surface area (Å²) < 4.78 is 1.21. The molecule has 0 aliphatic rings. The SMILES string of the molecule is CC.CC.CC(C)(O)CCO.CC(C)Cc1ccc(C(CI)CC(C)(C)C)cc1. The minimum Gasteiger partial charge on any atom is -0.396 e. The average molecular weight is 523 g/mol. The third kappa shape index (κ3) is 22.4. The molecule has 2 nitrogen and oxygen atoms in total. The summed E-state index contributed by atoms with van der Waals surface area (Å²) >= 11 is 2.52. The van der Waals surface area contributed by atoms with E-state index in [2.05, 4.69) is 81.5 Å². The molecule has 1 aromatic rings. The van der Waals surface area contributed by atoms with Gasteiger partial charge in [-0.25, -0.2) is 0 Å². The predicted octanol–water partition coefficient (Wildman–Crippen LogP) is 8.03. The standard InChI is InChI=1S/C17H27I.C5H12O2.2C2H6/c1-13(2)10-14-6-8-15(9-7-14)16(12-18)11-17(3,4)5;1-5(2,7)3-4-6;2*1-2/h6-9,13,16H,10-12H2,1-5H3;6-7H,3-4H2,1-2H3;2*1-2H3. The fraction of sp³-hybridized carbons (Fsp3) is 0.769. The molecule has 29 heavy (non-hydrogen) atoms. The van der Waals surface area contributed by atoms with Gasteiger partial charge in [-0.3, -0.25) is 0 Å². The van der Waals surface area contributed by atoms with Gasteiger partial charge in [0.25, 0.3) is 0 Å². The van der Waals surface area contributed by atoms with Crippen molar-refractivity contribution >= 4 is 22.6 Å². The molecule has 0 fully saturated rings. The van der Waals surface area contributed by atoms with E-state index in [1.807, 2.05) is 27.7 Å². The maximum atomic E-state index is 8.86. The number of hydrogen-bond acceptors (Lipinski definition) is 2. The van der Waals surface area contributed by atoms with Crippen LogP contribution in [0, 0.1) is 11.3 Å². The van der Waals surface area contributed by atoms with Gasteiger partial charge >= 0.3 is 0 Å². The van der Waals surface area contributed by atoms with Crippen LogP contribution < -0.4 is 0 Å². The molecular weight excluding hydrogens is 471 g/mol. The molecule has 174 valence electrons. The molecule has 3 heteroatoms. The van der Waals surface area contributed by atoms with Crippen molar-refractivity contribution in [1.29, 1.82) is 0 Å². The zero-order valence-electron chi connectivity index (χ0n) is 21.3. The van der Waals surface area contributed by atoms with Gasteiger partial charge in [0, 0.05) is 11.0 Å². The van der Waals surface area contributed by atoms with Gasteiger partial charge in [0.1, 0.15) is 0 Å². The Morgan fingerprint density at radius 1 is 0.897 bits per heavy atom. The number of halogens is 1. The number of rotatable bonds is 7. The second-order valence-electron chi connectivity index (χ2n) is 9.24. The van der Waals surface area contributed by atoms with Crippen molar-refractivity contribution in [1.82, 2.24) is 0 Å². The Labute approximate surface area is 197 Å². The molecule has 2 N–H and O–H groups in total. The molecule has 0 saturated carbocycles. The largest absolute Gasteiger partial charge is 0.396 e. The molecule has 0 aliphatic carbocycles. The lowest BCUT2D eigenvalue weighted by atomic mass is 9.82. The summed E-state index contributed by atoms with van der Waals surface area (Å²) in [6.07, 6.45) is 2.90. The zero-order chi connectivity index (χ0) is 23.7. The molecular formula is C26H51IO2. The summed E-state index contributed by atoms with van der Waals surface area (Å²) in [6.45, 7) is 23.0. The fourth-order valence-electron chi connectivity index (χ4n) is 2.67. The van der Waals surface area contributed by atoms with Gasteiger partial charge in [0.15, 0.2) is 0 Å². The Morgan fingerprint density at radius 3 is 1.59 bits per heavy atom. The van der Waals surface area contributed by atoms with Gasteiger partial charge in [-0.2, -0.15) is 0 Å². The van der Waals surface area contributed by atoms with Gasteiger partial charge < -0.3 is 10.2 Å². The third-order valence-corrected chi connectivity index (χ3v) is 4.93. The third-order valence-electron chi connectivity index (χ3n) is 3.86. The van der Waals surface area contributed by atoms with Crippen molar-refractivity contribution in [3.8, 4) is 0 Å². The first-order valence-electron chi connectivity index (χ1n) is 11.4. The number of benzene rings is 1. The maximum Gasteiger partial charge on any atom is 0.0613 e. The summed E-state index contributed by atoms with van der Waals surface area (Å²) in [6, 6.07) is 9.31. The number of alkyl halides is 1. The summed E-state index contributed by atoms with van der Waals surface area (Å²) in [7, 11) is 0. The first kappa shape index (κ1) is 33.5. The Hall–Kier alpha value is -0.130. The highest BCUT2D eigenvalue weighted by Gasteiger charge is 2.19. The molecule has 0 radical (unpaired) electrons. The molecule has 0 amide bonds. The molecule has 0 heterocycles. The van der Waals surface area contributed by atoms with Crippen LogP contribution in [0.25, 0.3) is 0 Å². The lowest BCUT2D eigenvalue weighted by Crippen LogP contribution is -2.19. The van der Waals surface area contributed by atoms with E-state index < -0.39 is 5.60 Å². The van der Waals surface area contributed by atoms with Crippen LogP contribution in [-0.2, 0) is 6.42 Å². The van der Waals surface area contributed by atoms with E-state index in [1.165, 1.54) is 28.4 Å². The van der Waals surface area contributed by atoms with Crippen molar-refractivity contribution in [2.45, 2.75) is 107 Å². The quantitative estimate of drug-likeness (QED) is 0.281. The van der Waals surface area contributed by atoms with Crippen molar-refractivity contribution in [2.24, 2.45) is 11.3 Å². The van der Waals surface area contributed by atoms with Gasteiger partial charge in [-0.05, 0) is 61.5 Å². The van der Waals surface area contributed by atoms with Crippen LogP contribution in [0.3, 0.4) is 0 Å². The minimum atomic E-state index is -0.700. The van der Waals surface area contributed by atoms with E-state index in [-0.39, 0.29) is 6.61 Å². The molecule has 1 aromatic carbocycles. The lowest BCUT2D eigenvalue weighted by molar-refractivity contribution is 0.0515. The highest BCUT2D eigenvalue weighted by molar-refractivity contribution is 14.1. The molecule has 1 rings (SSSR count). The Bertz CT molecular complexity index is 453. The maximum absolute atomic E-state index is 8.86. The molecule has 0 spiro atoms. The Balaban J connectivity index is -0.000000516. The second kappa shape index (κ2) is 18.6. The summed E-state index contributed by atoms with van der Waals surface area (Å²) in [5.41, 5.74) is 2.69. The normalized spacial score (nSPS) is 12.0. The van der Waals surface area contributed by atoms with Crippen LogP contribution in [0.2, 0.25) is 0 Å². The lowest BCUT2D eigenvalue weighted by Gasteiger charge is -2.25. The van der Waals surface area contributed by atoms with Crippen molar-refractivity contribution in [3.63, 3.8) is 0 Å². The smallest absolute Gasteiger partial charge is 0.0613 e. The molecule has 1 atom stereocenters. The number of hydrogen-bond donors (Lipinski definition) is 2. The van der Waals surface area contributed by atoms with E-state index in [4.69, 9.17) is 10.2 Å². The minimum absolute atomic E-state index is 0.0590. The number of aliphatic hydroxyl groups excluding tert-OH is 1. The molecule has 0 aliphatic heterocycles. The van der Waals surface area contributed by atoms with Crippen LogP contribution in [0.5, 0.6) is 0 Å². The van der Waals surface area contributed by atoms with Crippen molar-refractivity contribution in [3.05, 3.63) is 35.4 Å². The predicted molar refractivity (Wildman–Crippen MR) is 141 cm³/mol. The van der Waals surface area contributed by atoms with Crippen LogP contribution >= 0.6 is 22.6 Å². The summed E-state index contributed by atoms with van der Waals surface area (Å²) in [5, 5.41) is 17.1. The molecule has 0 bridgehead atoms. The first-order chi connectivity index (χ1) is 13.4. The van der Waals surface area contributed by atoms with Gasteiger partial charge in [0.2, 0.25) is 0 Å².